The fourth-order valence-corrected chi connectivity index (χ4v) is 3.46. The van der Waals surface area contributed by atoms with E-state index in [0.29, 0.717) is 19.5 Å². The van der Waals surface area contributed by atoms with Crippen LogP contribution in [-0.2, 0) is 13.0 Å². The van der Waals surface area contributed by atoms with E-state index in [1.807, 2.05) is 36.1 Å². The lowest BCUT2D eigenvalue weighted by molar-refractivity contribution is 0.164. The molecule has 1 aromatic carbocycles. The summed E-state index contributed by atoms with van der Waals surface area (Å²) < 4.78 is 0. The molecule has 0 unspecified atom stereocenters. The summed E-state index contributed by atoms with van der Waals surface area (Å²) in [5, 5.41) is 12.2. The summed E-state index contributed by atoms with van der Waals surface area (Å²) in [5.74, 6) is 0. The number of amides is 2. The van der Waals surface area contributed by atoms with Crippen LogP contribution in [0.25, 0.3) is 0 Å². The van der Waals surface area contributed by atoms with E-state index < -0.39 is 0 Å². The number of benzene rings is 1. The first kappa shape index (κ1) is 17.4. The highest BCUT2D eigenvalue weighted by molar-refractivity contribution is 5.75. The standard InChI is InChI=1S/C20H25N3O2/c1-15-6-4-11-21-18(15)14-22-20(25)23(12-5-13-24)19-10-9-16-7-2-3-8-17(16)19/h2-4,6-8,11,19,24H,5,9-10,12-14H2,1H3,(H,22,25)/t19-/m1/s1. The summed E-state index contributed by atoms with van der Waals surface area (Å²) in [5.41, 5.74) is 4.49. The second kappa shape index (κ2) is 8.12. The molecule has 1 aromatic heterocycles. The number of urea groups is 1. The SMILES string of the molecule is Cc1cccnc1CNC(=O)N(CCCO)[C@@H]1CCc2ccccc21. The van der Waals surface area contributed by atoms with Gasteiger partial charge in [-0.2, -0.15) is 0 Å². The van der Waals surface area contributed by atoms with E-state index in [1.165, 1.54) is 11.1 Å². The van der Waals surface area contributed by atoms with E-state index in [1.54, 1.807) is 6.20 Å². The van der Waals surface area contributed by atoms with Crippen molar-refractivity contribution in [1.82, 2.24) is 15.2 Å². The van der Waals surface area contributed by atoms with Crippen LogP contribution in [0.1, 0.15) is 41.3 Å². The Morgan fingerprint density at radius 2 is 2.16 bits per heavy atom. The lowest BCUT2D eigenvalue weighted by Crippen LogP contribution is -2.42. The van der Waals surface area contributed by atoms with E-state index in [0.717, 1.165) is 24.1 Å². The molecule has 2 N–H and O–H groups in total. The maximum Gasteiger partial charge on any atom is 0.318 e. The monoisotopic (exact) mass is 339 g/mol. The molecule has 0 radical (unpaired) electrons. The van der Waals surface area contributed by atoms with Gasteiger partial charge in [0.1, 0.15) is 0 Å². The van der Waals surface area contributed by atoms with Crippen LogP contribution in [0, 0.1) is 6.92 Å². The van der Waals surface area contributed by atoms with Crippen LogP contribution in [0.3, 0.4) is 0 Å². The number of aromatic nitrogens is 1. The number of aryl methyl sites for hydroxylation is 2. The molecule has 1 heterocycles. The minimum absolute atomic E-state index is 0.0765. The van der Waals surface area contributed by atoms with Gasteiger partial charge in [0.2, 0.25) is 0 Å². The van der Waals surface area contributed by atoms with Gasteiger partial charge in [0, 0.05) is 19.3 Å². The Bertz CT molecular complexity index is 732. The van der Waals surface area contributed by atoms with Crippen molar-refractivity contribution in [3.05, 3.63) is 65.0 Å². The number of nitrogens with one attached hydrogen (secondary N) is 1. The quantitative estimate of drug-likeness (QED) is 0.850. The Kier molecular flexibility index (Phi) is 5.66. The number of carbonyl (C=O) groups is 1. The van der Waals surface area contributed by atoms with Crippen LogP contribution in [0.5, 0.6) is 0 Å². The number of hydrogen-bond acceptors (Lipinski definition) is 3. The van der Waals surface area contributed by atoms with Gasteiger partial charge < -0.3 is 15.3 Å². The predicted octanol–water partition coefficient (Wildman–Crippen LogP) is 2.97. The topological polar surface area (TPSA) is 65.5 Å². The molecule has 132 valence electrons. The first-order valence-corrected chi connectivity index (χ1v) is 8.84. The van der Waals surface area contributed by atoms with Crippen molar-refractivity contribution in [3.8, 4) is 0 Å². The van der Waals surface area contributed by atoms with E-state index in [2.05, 4.69) is 22.4 Å². The van der Waals surface area contributed by atoms with Gasteiger partial charge in [0.15, 0.2) is 0 Å². The largest absolute Gasteiger partial charge is 0.396 e. The molecule has 1 atom stereocenters. The van der Waals surface area contributed by atoms with Crippen molar-refractivity contribution in [2.45, 2.75) is 38.8 Å². The first-order chi connectivity index (χ1) is 12.2. The zero-order valence-corrected chi connectivity index (χ0v) is 14.6. The molecule has 0 saturated heterocycles. The maximum absolute atomic E-state index is 12.8. The van der Waals surface area contributed by atoms with Crippen LogP contribution >= 0.6 is 0 Å². The second-order valence-corrected chi connectivity index (χ2v) is 6.45. The van der Waals surface area contributed by atoms with Crippen LogP contribution in [-0.4, -0.2) is 34.2 Å². The third-order valence-corrected chi connectivity index (χ3v) is 4.82. The fourth-order valence-electron chi connectivity index (χ4n) is 3.46. The fraction of sp³-hybridized carbons (Fsp3) is 0.400. The molecular weight excluding hydrogens is 314 g/mol. The van der Waals surface area contributed by atoms with Gasteiger partial charge in [-0.3, -0.25) is 4.98 Å². The Balaban J connectivity index is 1.72. The normalized spacial score (nSPS) is 15.7. The molecule has 1 aliphatic carbocycles. The zero-order valence-electron chi connectivity index (χ0n) is 14.6. The average Bonchev–Trinajstić information content (AvgIpc) is 3.05. The highest BCUT2D eigenvalue weighted by atomic mass is 16.3. The molecule has 0 fully saturated rings. The second-order valence-electron chi connectivity index (χ2n) is 6.45. The summed E-state index contributed by atoms with van der Waals surface area (Å²) in [4.78, 5) is 19.0. The zero-order chi connectivity index (χ0) is 17.6. The lowest BCUT2D eigenvalue weighted by Gasteiger charge is -2.30. The van der Waals surface area contributed by atoms with Gasteiger partial charge in [0.05, 0.1) is 18.3 Å². The van der Waals surface area contributed by atoms with Crippen molar-refractivity contribution in [1.29, 1.82) is 0 Å². The Morgan fingerprint density at radius 3 is 2.96 bits per heavy atom. The third-order valence-electron chi connectivity index (χ3n) is 4.82. The van der Waals surface area contributed by atoms with Gasteiger partial charge >= 0.3 is 6.03 Å². The van der Waals surface area contributed by atoms with E-state index in [9.17, 15) is 9.90 Å². The number of rotatable bonds is 6. The smallest absolute Gasteiger partial charge is 0.318 e. The number of aliphatic hydroxyl groups is 1. The first-order valence-electron chi connectivity index (χ1n) is 8.84. The third kappa shape index (κ3) is 3.99. The molecule has 2 amide bonds. The molecule has 0 bridgehead atoms. The number of hydrogen-bond donors (Lipinski definition) is 2. The summed E-state index contributed by atoms with van der Waals surface area (Å²) in [7, 11) is 0. The van der Waals surface area contributed by atoms with Crippen molar-refractivity contribution in [2.24, 2.45) is 0 Å². The summed E-state index contributed by atoms with van der Waals surface area (Å²) in [6, 6.07) is 12.2. The maximum atomic E-state index is 12.8. The van der Waals surface area contributed by atoms with Crippen LogP contribution < -0.4 is 5.32 Å². The van der Waals surface area contributed by atoms with Gasteiger partial charge in [-0.25, -0.2) is 4.79 Å². The van der Waals surface area contributed by atoms with Crippen LogP contribution in [0.15, 0.2) is 42.6 Å². The van der Waals surface area contributed by atoms with Crippen molar-refractivity contribution < 1.29 is 9.90 Å². The number of aliphatic hydroxyl groups excluding tert-OH is 1. The molecule has 0 spiro atoms. The number of carbonyl (C=O) groups excluding carboxylic acids is 1. The van der Waals surface area contributed by atoms with E-state index in [4.69, 9.17) is 0 Å². The average molecular weight is 339 g/mol. The number of pyridine rings is 1. The molecule has 0 aliphatic heterocycles. The van der Waals surface area contributed by atoms with Gasteiger partial charge in [-0.05, 0) is 48.9 Å². The molecule has 5 nitrogen and oxygen atoms in total. The summed E-state index contributed by atoms with van der Waals surface area (Å²) >= 11 is 0. The molecule has 0 saturated carbocycles. The number of nitrogens with zero attached hydrogens (tertiary/aromatic N) is 2. The summed E-state index contributed by atoms with van der Waals surface area (Å²) in [6.07, 6.45) is 4.24. The molecule has 5 heteroatoms. The van der Waals surface area contributed by atoms with Crippen molar-refractivity contribution in [3.63, 3.8) is 0 Å². The van der Waals surface area contributed by atoms with E-state index >= 15 is 0 Å². The highest BCUT2D eigenvalue weighted by Gasteiger charge is 2.30. The van der Waals surface area contributed by atoms with E-state index in [-0.39, 0.29) is 18.7 Å². The van der Waals surface area contributed by atoms with Gasteiger partial charge in [0.25, 0.3) is 0 Å². The molecular formula is C20H25N3O2. The minimum Gasteiger partial charge on any atom is -0.396 e. The van der Waals surface area contributed by atoms with Gasteiger partial charge in [-0.1, -0.05) is 30.3 Å². The van der Waals surface area contributed by atoms with Crippen molar-refractivity contribution >= 4 is 6.03 Å². The molecule has 25 heavy (non-hydrogen) atoms. The Hall–Kier alpha value is -2.40. The van der Waals surface area contributed by atoms with Crippen LogP contribution in [0.2, 0.25) is 0 Å². The van der Waals surface area contributed by atoms with Gasteiger partial charge in [-0.15, -0.1) is 0 Å². The van der Waals surface area contributed by atoms with Crippen LogP contribution in [0.4, 0.5) is 4.79 Å². The predicted molar refractivity (Wildman–Crippen MR) is 97.1 cm³/mol. The minimum atomic E-state index is -0.0970. The molecule has 1 aliphatic rings. The Morgan fingerprint density at radius 1 is 1.32 bits per heavy atom. The molecule has 2 aromatic rings. The molecule has 3 rings (SSSR count). The Labute approximate surface area is 148 Å². The number of fused-ring (bicyclic) bond motifs is 1. The summed E-state index contributed by atoms with van der Waals surface area (Å²) in [6.45, 7) is 3.03. The van der Waals surface area contributed by atoms with Crippen molar-refractivity contribution in [2.75, 3.05) is 13.2 Å². The highest BCUT2D eigenvalue weighted by Crippen LogP contribution is 2.35. The lowest BCUT2D eigenvalue weighted by atomic mass is 10.1.